The molecular weight excluding hydrogens is 407 g/mol. The highest BCUT2D eigenvalue weighted by atomic mass is 19.1. The van der Waals surface area contributed by atoms with E-state index in [4.69, 9.17) is 9.72 Å². The van der Waals surface area contributed by atoms with Crippen molar-refractivity contribution in [2.75, 3.05) is 50.8 Å². The number of aliphatic hydroxyl groups is 1. The second-order valence-electron chi connectivity index (χ2n) is 9.05. The molecule has 1 saturated heterocycles. The summed E-state index contributed by atoms with van der Waals surface area (Å²) in [5.74, 6) is 2.01. The second kappa shape index (κ2) is 11.7. The van der Waals surface area contributed by atoms with Crippen molar-refractivity contribution < 1.29 is 14.2 Å². The predicted octanol–water partition coefficient (Wildman–Crippen LogP) is 3.23. The standard InChI is InChI=1S/C25H37FN4O2/c1-5-24-23(14-20-6-8-21(26)9-7-20)25(28-19(4)27-24)30-12-10-29(11-13-30)15-22(31)17-32-16-18(2)3/h6-9,18,22,31H,5,10-17H2,1-4H3/t22-/m1/s1. The minimum absolute atomic E-state index is 0.224. The Balaban J connectivity index is 1.66. The van der Waals surface area contributed by atoms with E-state index in [-0.39, 0.29) is 5.82 Å². The van der Waals surface area contributed by atoms with Gasteiger partial charge in [0, 0.05) is 57.0 Å². The zero-order valence-corrected chi connectivity index (χ0v) is 19.9. The first-order chi connectivity index (χ1) is 15.4. The van der Waals surface area contributed by atoms with Gasteiger partial charge in [0.15, 0.2) is 0 Å². The topological polar surface area (TPSA) is 61.7 Å². The monoisotopic (exact) mass is 444 g/mol. The molecule has 7 heteroatoms. The van der Waals surface area contributed by atoms with Gasteiger partial charge in [0.1, 0.15) is 17.5 Å². The largest absolute Gasteiger partial charge is 0.389 e. The van der Waals surface area contributed by atoms with Crippen molar-refractivity contribution in [2.24, 2.45) is 5.92 Å². The molecule has 2 aromatic rings. The summed E-state index contributed by atoms with van der Waals surface area (Å²) in [5, 5.41) is 10.3. The van der Waals surface area contributed by atoms with E-state index in [1.165, 1.54) is 12.1 Å². The number of aryl methyl sites for hydroxylation is 2. The lowest BCUT2D eigenvalue weighted by Gasteiger charge is -2.37. The van der Waals surface area contributed by atoms with Crippen molar-refractivity contribution in [2.45, 2.75) is 46.6 Å². The smallest absolute Gasteiger partial charge is 0.136 e. The van der Waals surface area contributed by atoms with Gasteiger partial charge in [0.05, 0.1) is 12.7 Å². The molecule has 0 bridgehead atoms. The first kappa shape index (κ1) is 24.6. The van der Waals surface area contributed by atoms with Crippen LogP contribution in [-0.2, 0) is 17.6 Å². The molecule has 0 aliphatic carbocycles. The number of piperazine rings is 1. The third-order valence-electron chi connectivity index (χ3n) is 5.71. The van der Waals surface area contributed by atoms with Crippen LogP contribution < -0.4 is 4.90 Å². The number of hydrogen-bond acceptors (Lipinski definition) is 6. The molecule has 1 aromatic heterocycles. The molecule has 0 spiro atoms. The molecule has 1 aliphatic rings. The van der Waals surface area contributed by atoms with Gasteiger partial charge in [-0.15, -0.1) is 0 Å². The number of ether oxygens (including phenoxy) is 1. The summed E-state index contributed by atoms with van der Waals surface area (Å²) in [5.41, 5.74) is 3.23. The molecular formula is C25H37FN4O2. The molecule has 0 saturated carbocycles. The van der Waals surface area contributed by atoms with E-state index in [9.17, 15) is 9.50 Å². The van der Waals surface area contributed by atoms with E-state index in [0.29, 0.717) is 32.1 Å². The van der Waals surface area contributed by atoms with Crippen LogP contribution in [0, 0.1) is 18.7 Å². The van der Waals surface area contributed by atoms with Crippen LogP contribution in [0.15, 0.2) is 24.3 Å². The third-order valence-corrected chi connectivity index (χ3v) is 5.71. The van der Waals surface area contributed by atoms with Crippen LogP contribution in [0.2, 0.25) is 0 Å². The van der Waals surface area contributed by atoms with Crippen LogP contribution in [0.25, 0.3) is 0 Å². The molecule has 0 amide bonds. The Morgan fingerprint density at radius 2 is 1.75 bits per heavy atom. The molecule has 3 rings (SSSR count). The fourth-order valence-corrected chi connectivity index (χ4v) is 4.11. The lowest BCUT2D eigenvalue weighted by atomic mass is 10.0. The van der Waals surface area contributed by atoms with Gasteiger partial charge in [0.25, 0.3) is 0 Å². The maximum atomic E-state index is 13.4. The number of anilines is 1. The number of aromatic nitrogens is 2. The Bertz CT molecular complexity index is 852. The number of benzene rings is 1. The van der Waals surface area contributed by atoms with Crippen LogP contribution in [0.4, 0.5) is 10.2 Å². The van der Waals surface area contributed by atoms with Gasteiger partial charge in [0.2, 0.25) is 0 Å². The molecule has 1 aromatic carbocycles. The molecule has 1 aliphatic heterocycles. The number of rotatable bonds is 10. The molecule has 0 unspecified atom stereocenters. The molecule has 1 N–H and O–H groups in total. The highest BCUT2D eigenvalue weighted by Crippen LogP contribution is 2.26. The van der Waals surface area contributed by atoms with E-state index in [1.54, 1.807) is 0 Å². The Labute approximate surface area is 191 Å². The number of aliphatic hydroxyl groups excluding tert-OH is 1. The number of nitrogens with zero attached hydrogens (tertiary/aromatic N) is 4. The van der Waals surface area contributed by atoms with Crippen LogP contribution >= 0.6 is 0 Å². The number of hydrogen-bond donors (Lipinski definition) is 1. The van der Waals surface area contributed by atoms with E-state index >= 15 is 0 Å². The van der Waals surface area contributed by atoms with Gasteiger partial charge < -0.3 is 14.7 Å². The van der Waals surface area contributed by atoms with E-state index in [2.05, 4.69) is 35.6 Å². The molecule has 1 fully saturated rings. The van der Waals surface area contributed by atoms with Crippen molar-refractivity contribution in [1.82, 2.24) is 14.9 Å². The van der Waals surface area contributed by atoms with Gasteiger partial charge in [-0.1, -0.05) is 32.9 Å². The van der Waals surface area contributed by atoms with Gasteiger partial charge in [-0.2, -0.15) is 0 Å². The van der Waals surface area contributed by atoms with Crippen molar-refractivity contribution in [3.05, 3.63) is 52.7 Å². The minimum atomic E-state index is -0.470. The van der Waals surface area contributed by atoms with E-state index < -0.39 is 6.10 Å². The minimum Gasteiger partial charge on any atom is -0.389 e. The van der Waals surface area contributed by atoms with Crippen LogP contribution in [0.3, 0.4) is 0 Å². The lowest BCUT2D eigenvalue weighted by molar-refractivity contribution is 0.00745. The zero-order valence-electron chi connectivity index (χ0n) is 19.9. The maximum absolute atomic E-state index is 13.4. The van der Waals surface area contributed by atoms with Gasteiger partial charge in [-0.05, 0) is 37.0 Å². The summed E-state index contributed by atoms with van der Waals surface area (Å²) in [7, 11) is 0. The summed E-state index contributed by atoms with van der Waals surface area (Å²) < 4.78 is 18.9. The Hall–Kier alpha value is -2.09. The number of halogens is 1. The predicted molar refractivity (Wildman–Crippen MR) is 126 cm³/mol. The molecule has 176 valence electrons. The molecule has 6 nitrogen and oxygen atoms in total. The first-order valence-electron chi connectivity index (χ1n) is 11.7. The Morgan fingerprint density at radius 1 is 1.06 bits per heavy atom. The highest BCUT2D eigenvalue weighted by molar-refractivity contribution is 5.52. The van der Waals surface area contributed by atoms with E-state index in [1.807, 2.05) is 19.1 Å². The van der Waals surface area contributed by atoms with Gasteiger partial charge in [-0.25, -0.2) is 14.4 Å². The fraction of sp³-hybridized carbons (Fsp3) is 0.600. The highest BCUT2D eigenvalue weighted by Gasteiger charge is 2.24. The van der Waals surface area contributed by atoms with Crippen molar-refractivity contribution in [3.8, 4) is 0 Å². The average Bonchev–Trinajstić information content (AvgIpc) is 2.76. The summed E-state index contributed by atoms with van der Waals surface area (Å²) in [6, 6.07) is 6.67. The fourth-order valence-electron chi connectivity index (χ4n) is 4.11. The Morgan fingerprint density at radius 3 is 2.38 bits per heavy atom. The van der Waals surface area contributed by atoms with Crippen LogP contribution in [0.1, 0.15) is 43.4 Å². The normalized spacial score (nSPS) is 16.0. The van der Waals surface area contributed by atoms with Crippen molar-refractivity contribution in [1.29, 1.82) is 0 Å². The summed E-state index contributed by atoms with van der Waals surface area (Å²) in [4.78, 5) is 14.1. The SMILES string of the molecule is CCc1nc(C)nc(N2CCN(C[C@@H](O)COCC(C)C)CC2)c1Cc1ccc(F)cc1. The summed E-state index contributed by atoms with van der Waals surface area (Å²) in [6.45, 7) is 13.4. The third kappa shape index (κ3) is 6.95. The summed E-state index contributed by atoms with van der Waals surface area (Å²) in [6.07, 6.45) is 1.04. The van der Waals surface area contributed by atoms with Crippen molar-refractivity contribution in [3.63, 3.8) is 0 Å². The number of β-amino-alcohol motifs (C(OH)–C–C–N with tert-alkyl or cyclic N) is 1. The maximum Gasteiger partial charge on any atom is 0.136 e. The van der Waals surface area contributed by atoms with Crippen LogP contribution in [0.5, 0.6) is 0 Å². The molecule has 0 radical (unpaired) electrons. The lowest BCUT2D eigenvalue weighted by Crippen LogP contribution is -2.49. The quantitative estimate of drug-likeness (QED) is 0.607. The summed E-state index contributed by atoms with van der Waals surface area (Å²) >= 11 is 0. The van der Waals surface area contributed by atoms with Crippen molar-refractivity contribution >= 4 is 5.82 Å². The van der Waals surface area contributed by atoms with Gasteiger partial charge in [-0.3, -0.25) is 4.90 Å². The molecule has 2 heterocycles. The average molecular weight is 445 g/mol. The van der Waals surface area contributed by atoms with Gasteiger partial charge >= 0.3 is 0 Å². The molecule has 1 atom stereocenters. The molecule has 32 heavy (non-hydrogen) atoms. The first-order valence-corrected chi connectivity index (χ1v) is 11.7. The van der Waals surface area contributed by atoms with E-state index in [0.717, 1.165) is 61.1 Å². The van der Waals surface area contributed by atoms with Crippen LogP contribution in [-0.4, -0.2) is 72.0 Å². The second-order valence-corrected chi connectivity index (χ2v) is 9.05. The Kier molecular flexibility index (Phi) is 8.96. The zero-order chi connectivity index (χ0) is 23.1.